The van der Waals surface area contributed by atoms with E-state index >= 15 is 0 Å². The molecule has 1 unspecified atom stereocenters. The lowest BCUT2D eigenvalue weighted by atomic mass is 9.96. The molecule has 3 aromatic heterocycles. The molecule has 0 fully saturated rings. The highest BCUT2D eigenvalue weighted by Crippen LogP contribution is 2.28. The van der Waals surface area contributed by atoms with Gasteiger partial charge in [0.05, 0.1) is 23.1 Å². The number of nitrogens with one attached hydrogen (secondary N) is 1. The van der Waals surface area contributed by atoms with Crippen molar-refractivity contribution in [3.8, 4) is 11.3 Å². The molecule has 3 heterocycles. The van der Waals surface area contributed by atoms with Gasteiger partial charge in [0.25, 0.3) is 5.56 Å². The second-order valence-corrected chi connectivity index (χ2v) is 7.11. The zero-order valence-electron chi connectivity index (χ0n) is 15.9. The van der Waals surface area contributed by atoms with E-state index in [2.05, 4.69) is 20.3 Å². The summed E-state index contributed by atoms with van der Waals surface area (Å²) in [5.74, 6) is -0.197. The first-order valence-electron chi connectivity index (χ1n) is 9.22. The predicted octanol–water partition coefficient (Wildman–Crippen LogP) is 3.39. The first-order valence-corrected chi connectivity index (χ1v) is 9.22. The van der Waals surface area contributed by atoms with Gasteiger partial charge in [-0.3, -0.25) is 9.48 Å². The van der Waals surface area contributed by atoms with Crippen LogP contribution in [-0.2, 0) is 6.54 Å². The lowest BCUT2D eigenvalue weighted by molar-refractivity contribution is 0.432. The fourth-order valence-electron chi connectivity index (χ4n) is 3.64. The molecule has 7 nitrogen and oxygen atoms in total. The van der Waals surface area contributed by atoms with Crippen LogP contribution < -0.4 is 5.56 Å². The van der Waals surface area contributed by atoms with Crippen LogP contribution in [0, 0.1) is 11.7 Å². The standard InChI is InChI=1S/C20H21FN6O/c1-4-27-18-8-13(7-16(21)15(18)9-24-27)17-6-5-14(20(28)25-17)19(12(2)3)26-10-22-23-11-26/h5-12,19H,4H2,1-3H3,(H,25,28). The normalized spacial score (nSPS) is 12.8. The number of aromatic nitrogens is 6. The second-order valence-electron chi connectivity index (χ2n) is 7.11. The molecule has 28 heavy (non-hydrogen) atoms. The molecule has 0 aliphatic carbocycles. The summed E-state index contributed by atoms with van der Waals surface area (Å²) in [5.41, 5.74) is 2.26. The van der Waals surface area contributed by atoms with Crippen molar-refractivity contribution >= 4 is 10.9 Å². The lowest BCUT2D eigenvalue weighted by Gasteiger charge is -2.21. The van der Waals surface area contributed by atoms with Crippen molar-refractivity contribution in [3.05, 3.63) is 64.9 Å². The van der Waals surface area contributed by atoms with Gasteiger partial charge in [-0.25, -0.2) is 4.39 Å². The lowest BCUT2D eigenvalue weighted by Crippen LogP contribution is -2.24. The number of benzene rings is 1. The van der Waals surface area contributed by atoms with Crippen molar-refractivity contribution in [2.24, 2.45) is 5.92 Å². The highest BCUT2D eigenvalue weighted by atomic mass is 19.1. The Morgan fingerprint density at radius 2 is 1.93 bits per heavy atom. The van der Waals surface area contributed by atoms with Crippen LogP contribution in [0.25, 0.3) is 22.2 Å². The smallest absolute Gasteiger partial charge is 0.253 e. The number of rotatable bonds is 5. The van der Waals surface area contributed by atoms with Crippen molar-refractivity contribution < 1.29 is 4.39 Å². The molecule has 144 valence electrons. The van der Waals surface area contributed by atoms with Gasteiger partial charge in [0, 0.05) is 23.4 Å². The number of hydrogen-bond donors (Lipinski definition) is 1. The van der Waals surface area contributed by atoms with Crippen LogP contribution in [0.3, 0.4) is 0 Å². The Labute approximate surface area is 160 Å². The minimum atomic E-state index is -0.360. The van der Waals surface area contributed by atoms with Crippen LogP contribution in [0.1, 0.15) is 32.4 Å². The molecule has 1 atom stereocenters. The molecule has 1 aromatic carbocycles. The number of aryl methyl sites for hydroxylation is 1. The van der Waals surface area contributed by atoms with Crippen molar-refractivity contribution in [2.75, 3.05) is 0 Å². The predicted molar refractivity (Wildman–Crippen MR) is 104 cm³/mol. The fourth-order valence-corrected chi connectivity index (χ4v) is 3.64. The van der Waals surface area contributed by atoms with E-state index in [1.165, 1.54) is 12.3 Å². The van der Waals surface area contributed by atoms with Crippen molar-refractivity contribution in [3.63, 3.8) is 0 Å². The maximum Gasteiger partial charge on any atom is 0.253 e. The minimum Gasteiger partial charge on any atom is -0.322 e. The number of nitrogens with zero attached hydrogens (tertiary/aromatic N) is 5. The van der Waals surface area contributed by atoms with Crippen LogP contribution >= 0.6 is 0 Å². The molecule has 0 spiro atoms. The first-order chi connectivity index (χ1) is 13.5. The van der Waals surface area contributed by atoms with Crippen molar-refractivity contribution in [2.45, 2.75) is 33.4 Å². The molecule has 0 saturated heterocycles. The SMILES string of the molecule is CCn1ncc2c(F)cc(-c3ccc(C(C(C)C)n4cnnc4)c(=O)[nH]3)cc21. The minimum absolute atomic E-state index is 0.163. The summed E-state index contributed by atoms with van der Waals surface area (Å²) in [6.07, 6.45) is 4.73. The summed E-state index contributed by atoms with van der Waals surface area (Å²) in [7, 11) is 0. The summed E-state index contributed by atoms with van der Waals surface area (Å²) in [6.45, 7) is 6.65. The monoisotopic (exact) mass is 380 g/mol. The van der Waals surface area contributed by atoms with Crippen LogP contribution in [-0.4, -0.2) is 29.5 Å². The van der Waals surface area contributed by atoms with E-state index in [0.29, 0.717) is 34.3 Å². The summed E-state index contributed by atoms with van der Waals surface area (Å²) >= 11 is 0. The van der Waals surface area contributed by atoms with Crippen LogP contribution in [0.2, 0.25) is 0 Å². The number of hydrogen-bond acceptors (Lipinski definition) is 4. The fraction of sp³-hybridized carbons (Fsp3) is 0.300. The summed E-state index contributed by atoms with van der Waals surface area (Å²) in [6, 6.07) is 6.68. The molecule has 0 bridgehead atoms. The molecule has 0 amide bonds. The third-order valence-corrected chi connectivity index (χ3v) is 4.97. The number of aromatic amines is 1. The Bertz CT molecular complexity index is 1180. The average Bonchev–Trinajstić information content (AvgIpc) is 3.32. The van der Waals surface area contributed by atoms with Crippen LogP contribution in [0.4, 0.5) is 4.39 Å². The van der Waals surface area contributed by atoms with Gasteiger partial charge < -0.3 is 9.55 Å². The van der Waals surface area contributed by atoms with E-state index in [1.807, 2.05) is 37.5 Å². The average molecular weight is 380 g/mol. The molecule has 8 heteroatoms. The van der Waals surface area contributed by atoms with E-state index in [0.717, 1.165) is 0 Å². The topological polar surface area (TPSA) is 81.4 Å². The van der Waals surface area contributed by atoms with Gasteiger partial charge in [-0.05, 0) is 37.1 Å². The van der Waals surface area contributed by atoms with Gasteiger partial charge >= 0.3 is 0 Å². The Morgan fingerprint density at radius 1 is 1.18 bits per heavy atom. The third-order valence-electron chi connectivity index (χ3n) is 4.97. The molecule has 0 aliphatic heterocycles. The zero-order chi connectivity index (χ0) is 19.8. The molecule has 0 aliphatic rings. The zero-order valence-corrected chi connectivity index (χ0v) is 15.9. The maximum atomic E-state index is 14.5. The highest BCUT2D eigenvalue weighted by molar-refractivity contribution is 5.84. The number of halogens is 1. The van der Waals surface area contributed by atoms with Gasteiger partial charge in [0.15, 0.2) is 0 Å². The van der Waals surface area contributed by atoms with Crippen molar-refractivity contribution in [1.82, 2.24) is 29.5 Å². The molecule has 0 saturated carbocycles. The molecular formula is C20H21FN6O. The van der Waals surface area contributed by atoms with E-state index in [1.54, 1.807) is 23.4 Å². The highest BCUT2D eigenvalue weighted by Gasteiger charge is 2.21. The number of H-pyrrole nitrogens is 1. The van der Waals surface area contributed by atoms with Gasteiger partial charge in [0.2, 0.25) is 0 Å². The van der Waals surface area contributed by atoms with Gasteiger partial charge in [-0.2, -0.15) is 5.10 Å². The van der Waals surface area contributed by atoms with Crippen molar-refractivity contribution in [1.29, 1.82) is 0 Å². The quantitative estimate of drug-likeness (QED) is 0.575. The van der Waals surface area contributed by atoms with Gasteiger partial charge in [0.1, 0.15) is 18.5 Å². The summed E-state index contributed by atoms with van der Waals surface area (Å²) < 4.78 is 18.1. The largest absolute Gasteiger partial charge is 0.322 e. The Balaban J connectivity index is 1.80. The molecule has 0 radical (unpaired) electrons. The number of pyridine rings is 1. The summed E-state index contributed by atoms with van der Waals surface area (Å²) in [4.78, 5) is 15.8. The Kier molecular flexibility index (Phi) is 4.54. The van der Waals surface area contributed by atoms with Gasteiger partial charge in [-0.1, -0.05) is 13.8 Å². The molecular weight excluding hydrogens is 359 g/mol. The van der Waals surface area contributed by atoms with E-state index in [4.69, 9.17) is 0 Å². The maximum absolute atomic E-state index is 14.5. The second kappa shape index (κ2) is 7.03. The molecule has 1 N–H and O–H groups in total. The Hall–Kier alpha value is -3.29. The molecule has 4 rings (SSSR count). The first kappa shape index (κ1) is 18.1. The summed E-state index contributed by atoms with van der Waals surface area (Å²) in [5, 5.41) is 12.4. The van der Waals surface area contributed by atoms with E-state index < -0.39 is 0 Å². The third kappa shape index (κ3) is 3.00. The number of fused-ring (bicyclic) bond motifs is 1. The van der Waals surface area contributed by atoms with E-state index in [9.17, 15) is 9.18 Å². The Morgan fingerprint density at radius 3 is 2.57 bits per heavy atom. The van der Waals surface area contributed by atoms with Crippen LogP contribution in [0.15, 0.2) is 47.9 Å². The van der Waals surface area contributed by atoms with Gasteiger partial charge in [-0.15, -0.1) is 10.2 Å². The molecule has 4 aromatic rings. The van der Waals surface area contributed by atoms with Crippen LogP contribution in [0.5, 0.6) is 0 Å². The van der Waals surface area contributed by atoms with E-state index in [-0.39, 0.29) is 23.3 Å².